The fourth-order valence-corrected chi connectivity index (χ4v) is 5.14. The lowest BCUT2D eigenvalue weighted by Crippen LogP contribution is -2.51. The molecular formula is C28H29N5O3. The van der Waals surface area contributed by atoms with Crippen molar-refractivity contribution in [3.8, 4) is 6.07 Å². The summed E-state index contributed by atoms with van der Waals surface area (Å²) in [5.41, 5.74) is 1.11. The van der Waals surface area contributed by atoms with Gasteiger partial charge in [-0.3, -0.25) is 14.6 Å². The number of para-hydroxylation sites is 1. The molecule has 0 saturated carbocycles. The lowest BCUT2D eigenvalue weighted by Gasteiger charge is -2.37. The number of nitrogens with one attached hydrogen (secondary N) is 1. The van der Waals surface area contributed by atoms with Crippen molar-refractivity contribution < 1.29 is 14.7 Å². The van der Waals surface area contributed by atoms with Crippen molar-refractivity contribution in [1.29, 1.82) is 5.26 Å². The van der Waals surface area contributed by atoms with E-state index in [1.165, 1.54) is 0 Å². The average molecular weight is 484 g/mol. The van der Waals surface area contributed by atoms with E-state index in [-0.39, 0.29) is 12.5 Å². The Bertz CT molecular complexity index is 1340. The number of aliphatic hydroxyl groups is 1. The molecule has 2 fully saturated rings. The molecule has 2 unspecified atom stereocenters. The van der Waals surface area contributed by atoms with E-state index < -0.39 is 17.7 Å². The summed E-state index contributed by atoms with van der Waals surface area (Å²) in [5.74, 6) is -0.361. The van der Waals surface area contributed by atoms with Gasteiger partial charge < -0.3 is 15.3 Å². The van der Waals surface area contributed by atoms with Gasteiger partial charge in [-0.2, -0.15) is 5.26 Å². The summed E-state index contributed by atoms with van der Waals surface area (Å²) in [6.07, 6.45) is -0.864. The van der Waals surface area contributed by atoms with Crippen LogP contribution in [0.3, 0.4) is 0 Å². The number of β-amino-alcohol motifs (C(OH)–C–C–N with tert-alkyl or cyclic N) is 1. The van der Waals surface area contributed by atoms with Gasteiger partial charge in [0.2, 0.25) is 0 Å². The van der Waals surface area contributed by atoms with Gasteiger partial charge in [0, 0.05) is 32.7 Å². The van der Waals surface area contributed by atoms with Crippen LogP contribution in [0.5, 0.6) is 0 Å². The van der Waals surface area contributed by atoms with E-state index in [1.807, 2.05) is 66.7 Å². The first-order chi connectivity index (χ1) is 17.4. The second-order valence-corrected chi connectivity index (χ2v) is 9.60. The molecule has 2 atom stereocenters. The van der Waals surface area contributed by atoms with Crippen LogP contribution in [0.15, 0.2) is 66.7 Å². The predicted octanol–water partition coefficient (Wildman–Crippen LogP) is 2.66. The summed E-state index contributed by atoms with van der Waals surface area (Å²) in [5, 5.41) is 25.0. The zero-order valence-corrected chi connectivity index (χ0v) is 20.2. The Labute approximate surface area is 210 Å². The molecule has 3 amide bonds. The first-order valence-corrected chi connectivity index (χ1v) is 12.2. The topological polar surface area (TPSA) is 99.9 Å². The van der Waals surface area contributed by atoms with E-state index >= 15 is 0 Å². The van der Waals surface area contributed by atoms with Crippen LogP contribution in [0.4, 0.5) is 10.5 Å². The number of hydrogen-bond acceptors (Lipinski definition) is 6. The van der Waals surface area contributed by atoms with E-state index in [4.69, 9.17) is 0 Å². The summed E-state index contributed by atoms with van der Waals surface area (Å²) in [7, 11) is 0. The molecule has 3 aromatic carbocycles. The molecule has 0 radical (unpaired) electrons. The van der Waals surface area contributed by atoms with Gasteiger partial charge in [-0.1, -0.05) is 48.5 Å². The minimum Gasteiger partial charge on any atom is -0.390 e. The highest BCUT2D eigenvalue weighted by Gasteiger charge is 2.49. The standard InChI is InChI=1S/C28H29N5O3/c1-28(23-11-10-20-6-2-3-7-21(20)16-23)26(35)33(27(36)30-28)19-24(34)18-31-12-14-32(15-13-31)25-9-5-4-8-22(25)17-29/h2-11,16,24,34H,12-15,18-19H2,1H3,(H,30,36). The van der Waals surface area contributed by atoms with Gasteiger partial charge >= 0.3 is 6.03 Å². The summed E-state index contributed by atoms with van der Waals surface area (Å²) in [6.45, 7) is 4.89. The van der Waals surface area contributed by atoms with Gasteiger partial charge in [0.1, 0.15) is 11.6 Å². The number of piperazine rings is 1. The Morgan fingerprint density at radius 3 is 2.42 bits per heavy atom. The van der Waals surface area contributed by atoms with E-state index in [2.05, 4.69) is 21.2 Å². The molecule has 184 valence electrons. The largest absolute Gasteiger partial charge is 0.390 e. The molecule has 8 nitrogen and oxygen atoms in total. The fourth-order valence-electron chi connectivity index (χ4n) is 5.14. The monoisotopic (exact) mass is 483 g/mol. The van der Waals surface area contributed by atoms with Crippen molar-refractivity contribution in [1.82, 2.24) is 15.1 Å². The molecule has 0 spiro atoms. The Morgan fingerprint density at radius 2 is 1.67 bits per heavy atom. The van der Waals surface area contributed by atoms with Gasteiger partial charge in [-0.25, -0.2) is 4.79 Å². The number of urea groups is 1. The third kappa shape index (κ3) is 4.39. The highest BCUT2D eigenvalue weighted by Crippen LogP contribution is 2.31. The molecule has 3 aromatic rings. The van der Waals surface area contributed by atoms with Crippen LogP contribution < -0.4 is 10.2 Å². The van der Waals surface area contributed by atoms with E-state index in [1.54, 1.807) is 6.92 Å². The van der Waals surface area contributed by atoms with Gasteiger partial charge in [0.15, 0.2) is 0 Å². The zero-order chi connectivity index (χ0) is 25.3. The molecule has 2 heterocycles. The number of fused-ring (bicyclic) bond motifs is 1. The molecule has 0 bridgehead atoms. The third-order valence-corrected chi connectivity index (χ3v) is 7.20. The maximum absolute atomic E-state index is 13.3. The van der Waals surface area contributed by atoms with E-state index in [0.29, 0.717) is 30.8 Å². The van der Waals surface area contributed by atoms with Crippen LogP contribution in [-0.4, -0.2) is 72.2 Å². The van der Waals surface area contributed by atoms with Crippen molar-refractivity contribution in [2.75, 3.05) is 44.2 Å². The number of aliphatic hydroxyl groups excluding tert-OH is 1. The second-order valence-electron chi connectivity index (χ2n) is 9.60. The number of nitrogens with zero attached hydrogens (tertiary/aromatic N) is 4. The van der Waals surface area contributed by atoms with Gasteiger partial charge in [0.05, 0.1) is 23.9 Å². The number of carbonyl (C=O) groups excluding carboxylic acids is 2. The number of amides is 3. The summed E-state index contributed by atoms with van der Waals surface area (Å²) in [4.78, 5) is 31.5. The Hall–Kier alpha value is -3.93. The Kier molecular flexibility index (Phi) is 6.35. The van der Waals surface area contributed by atoms with Crippen molar-refractivity contribution in [3.05, 3.63) is 77.9 Å². The van der Waals surface area contributed by atoms with Crippen molar-refractivity contribution >= 4 is 28.4 Å². The van der Waals surface area contributed by atoms with E-state index in [0.717, 1.165) is 34.4 Å². The van der Waals surface area contributed by atoms with Crippen LogP contribution in [0.25, 0.3) is 10.8 Å². The van der Waals surface area contributed by atoms with Gasteiger partial charge in [-0.05, 0) is 41.5 Å². The molecule has 36 heavy (non-hydrogen) atoms. The molecule has 2 aliphatic heterocycles. The Morgan fingerprint density at radius 1 is 0.972 bits per heavy atom. The normalized spacial score (nSPS) is 21.5. The quantitative estimate of drug-likeness (QED) is 0.523. The highest BCUT2D eigenvalue weighted by molar-refractivity contribution is 6.07. The lowest BCUT2D eigenvalue weighted by molar-refractivity contribution is -0.132. The molecule has 5 rings (SSSR count). The molecule has 2 N–H and O–H groups in total. The first kappa shape index (κ1) is 23.8. The summed E-state index contributed by atoms with van der Waals surface area (Å²) < 4.78 is 0. The minimum atomic E-state index is -1.18. The number of rotatable bonds is 6. The number of nitriles is 1. The number of carbonyl (C=O) groups is 2. The van der Waals surface area contributed by atoms with Crippen LogP contribution in [0.1, 0.15) is 18.1 Å². The molecule has 8 heteroatoms. The maximum Gasteiger partial charge on any atom is 0.325 e. The lowest BCUT2D eigenvalue weighted by atomic mass is 9.90. The van der Waals surface area contributed by atoms with Crippen LogP contribution >= 0.6 is 0 Å². The van der Waals surface area contributed by atoms with Crippen LogP contribution in [0.2, 0.25) is 0 Å². The van der Waals surface area contributed by atoms with E-state index in [9.17, 15) is 20.0 Å². The number of hydrogen-bond donors (Lipinski definition) is 2. The first-order valence-electron chi connectivity index (χ1n) is 12.2. The minimum absolute atomic E-state index is 0.0642. The SMILES string of the molecule is CC1(c2ccc3ccccc3c2)NC(=O)N(CC(O)CN2CCN(c3ccccc3C#N)CC2)C1=O. The van der Waals surface area contributed by atoms with Crippen LogP contribution in [0, 0.1) is 11.3 Å². The summed E-state index contributed by atoms with van der Waals surface area (Å²) >= 11 is 0. The summed E-state index contributed by atoms with van der Waals surface area (Å²) in [6, 6.07) is 22.9. The van der Waals surface area contributed by atoms with Crippen molar-refractivity contribution in [2.24, 2.45) is 0 Å². The van der Waals surface area contributed by atoms with Crippen molar-refractivity contribution in [3.63, 3.8) is 0 Å². The van der Waals surface area contributed by atoms with Gasteiger partial charge in [-0.15, -0.1) is 0 Å². The third-order valence-electron chi connectivity index (χ3n) is 7.20. The molecule has 0 aliphatic carbocycles. The maximum atomic E-state index is 13.3. The predicted molar refractivity (Wildman–Crippen MR) is 137 cm³/mol. The Balaban J connectivity index is 1.20. The molecule has 2 aliphatic rings. The molecule has 0 aromatic heterocycles. The zero-order valence-electron chi connectivity index (χ0n) is 20.2. The fraction of sp³-hybridized carbons (Fsp3) is 0.321. The smallest absolute Gasteiger partial charge is 0.325 e. The second kappa shape index (κ2) is 9.61. The van der Waals surface area contributed by atoms with Gasteiger partial charge in [0.25, 0.3) is 5.91 Å². The molecule has 2 saturated heterocycles. The average Bonchev–Trinajstić information content (AvgIpc) is 3.12. The number of anilines is 1. The number of benzene rings is 3. The highest BCUT2D eigenvalue weighted by atomic mass is 16.3. The number of imide groups is 1. The molecular weight excluding hydrogens is 454 g/mol. The van der Waals surface area contributed by atoms with Crippen LogP contribution in [-0.2, 0) is 10.3 Å². The van der Waals surface area contributed by atoms with Crippen molar-refractivity contribution in [2.45, 2.75) is 18.6 Å².